The number of nitrogens with zero attached hydrogens (tertiary/aromatic N) is 3. The van der Waals surface area contributed by atoms with Crippen LogP contribution in [0, 0.1) is 6.92 Å². The van der Waals surface area contributed by atoms with Crippen LogP contribution in [0.15, 0.2) is 24.4 Å². The number of imidazole rings is 1. The van der Waals surface area contributed by atoms with Gasteiger partial charge in [0, 0.05) is 12.7 Å². The van der Waals surface area contributed by atoms with Gasteiger partial charge in [0.1, 0.15) is 5.65 Å². The summed E-state index contributed by atoms with van der Waals surface area (Å²) in [7, 11) is 0. The molecule has 0 radical (unpaired) electrons. The molecule has 0 atom stereocenters. The molecule has 0 spiro atoms. The molecule has 1 N–H and O–H groups in total. The number of rotatable bonds is 6. The van der Waals surface area contributed by atoms with Gasteiger partial charge in [-0.3, -0.25) is 0 Å². The van der Waals surface area contributed by atoms with Gasteiger partial charge in [-0.2, -0.15) is 0 Å². The van der Waals surface area contributed by atoms with Gasteiger partial charge in [-0.25, -0.2) is 4.98 Å². The highest BCUT2D eigenvalue weighted by Crippen LogP contribution is 2.11. The number of hydrogen-bond donors (Lipinski definition) is 1. The molecule has 114 valence electrons. The van der Waals surface area contributed by atoms with E-state index in [-0.39, 0.29) is 0 Å². The van der Waals surface area contributed by atoms with E-state index in [0.29, 0.717) is 0 Å². The maximum atomic E-state index is 4.60. The van der Waals surface area contributed by atoms with E-state index in [1.165, 1.54) is 51.0 Å². The highest BCUT2D eigenvalue weighted by molar-refractivity contribution is 5.42. The molecular formula is C17H26N4. The summed E-state index contributed by atoms with van der Waals surface area (Å²) in [5.74, 6) is 0. The first-order valence-corrected chi connectivity index (χ1v) is 8.20. The standard InChI is InChI=1S/C17H26N4/c1-15-16(21-13-6-3-8-17(21)19-15)14-18-9-7-12-20-10-4-2-5-11-20/h3,6,8,13,18H,2,4-5,7,9-12,14H2,1H3. The molecule has 3 heterocycles. The molecule has 0 bridgehead atoms. The Morgan fingerprint density at radius 1 is 1.19 bits per heavy atom. The highest BCUT2D eigenvalue weighted by atomic mass is 15.1. The number of pyridine rings is 1. The third-order valence-corrected chi connectivity index (χ3v) is 4.40. The van der Waals surface area contributed by atoms with Gasteiger partial charge >= 0.3 is 0 Å². The van der Waals surface area contributed by atoms with E-state index in [4.69, 9.17) is 0 Å². The monoisotopic (exact) mass is 286 g/mol. The molecule has 0 saturated carbocycles. The van der Waals surface area contributed by atoms with E-state index in [2.05, 4.69) is 44.9 Å². The van der Waals surface area contributed by atoms with E-state index < -0.39 is 0 Å². The molecule has 4 heteroatoms. The molecule has 0 unspecified atom stereocenters. The van der Waals surface area contributed by atoms with Crippen LogP contribution in [0.2, 0.25) is 0 Å². The van der Waals surface area contributed by atoms with Crippen molar-refractivity contribution in [1.82, 2.24) is 19.6 Å². The third kappa shape index (κ3) is 3.63. The number of piperidine rings is 1. The van der Waals surface area contributed by atoms with Crippen LogP contribution >= 0.6 is 0 Å². The summed E-state index contributed by atoms with van der Waals surface area (Å²) in [6.45, 7) is 7.91. The highest BCUT2D eigenvalue weighted by Gasteiger charge is 2.09. The molecule has 1 aliphatic heterocycles. The Hall–Kier alpha value is -1.39. The predicted molar refractivity (Wildman–Crippen MR) is 86.5 cm³/mol. The number of nitrogens with one attached hydrogen (secondary N) is 1. The zero-order valence-corrected chi connectivity index (χ0v) is 13.0. The predicted octanol–water partition coefficient (Wildman–Crippen LogP) is 2.61. The second-order valence-electron chi connectivity index (χ2n) is 6.01. The molecule has 21 heavy (non-hydrogen) atoms. The average molecular weight is 286 g/mol. The zero-order chi connectivity index (χ0) is 14.5. The summed E-state index contributed by atoms with van der Waals surface area (Å²) >= 11 is 0. The van der Waals surface area contributed by atoms with Gasteiger partial charge in [-0.15, -0.1) is 0 Å². The van der Waals surface area contributed by atoms with Crippen molar-refractivity contribution in [3.05, 3.63) is 35.8 Å². The summed E-state index contributed by atoms with van der Waals surface area (Å²) < 4.78 is 2.19. The second kappa shape index (κ2) is 7.05. The summed E-state index contributed by atoms with van der Waals surface area (Å²) in [6.07, 6.45) is 7.51. The maximum Gasteiger partial charge on any atom is 0.137 e. The lowest BCUT2D eigenvalue weighted by Gasteiger charge is -2.26. The number of likely N-dealkylation sites (tertiary alicyclic amines) is 1. The zero-order valence-electron chi connectivity index (χ0n) is 13.0. The van der Waals surface area contributed by atoms with Crippen LogP contribution < -0.4 is 5.32 Å². The first-order valence-electron chi connectivity index (χ1n) is 8.20. The fourth-order valence-corrected chi connectivity index (χ4v) is 3.19. The van der Waals surface area contributed by atoms with Crippen molar-refractivity contribution in [2.24, 2.45) is 0 Å². The SMILES string of the molecule is Cc1nc2ccccn2c1CNCCCN1CCCCC1. The Labute approximate surface area is 127 Å². The van der Waals surface area contributed by atoms with Gasteiger partial charge in [0.15, 0.2) is 0 Å². The fraction of sp³-hybridized carbons (Fsp3) is 0.588. The van der Waals surface area contributed by atoms with Crippen LogP contribution in [0.1, 0.15) is 37.1 Å². The van der Waals surface area contributed by atoms with Crippen molar-refractivity contribution in [1.29, 1.82) is 0 Å². The van der Waals surface area contributed by atoms with Gasteiger partial charge in [0.25, 0.3) is 0 Å². The van der Waals surface area contributed by atoms with E-state index in [1.807, 2.05) is 6.07 Å². The van der Waals surface area contributed by atoms with Crippen molar-refractivity contribution in [2.75, 3.05) is 26.2 Å². The Kier molecular flexibility index (Phi) is 4.88. The lowest BCUT2D eigenvalue weighted by Crippen LogP contribution is -2.32. The fourth-order valence-electron chi connectivity index (χ4n) is 3.19. The van der Waals surface area contributed by atoms with Crippen molar-refractivity contribution < 1.29 is 0 Å². The van der Waals surface area contributed by atoms with Gasteiger partial charge in [-0.05, 0) is 64.5 Å². The number of hydrogen-bond acceptors (Lipinski definition) is 3. The molecule has 2 aromatic rings. The van der Waals surface area contributed by atoms with Crippen LogP contribution in [0.5, 0.6) is 0 Å². The second-order valence-corrected chi connectivity index (χ2v) is 6.01. The largest absolute Gasteiger partial charge is 0.311 e. The van der Waals surface area contributed by atoms with Gasteiger partial charge in [-0.1, -0.05) is 12.5 Å². The summed E-state index contributed by atoms with van der Waals surface area (Å²) in [5.41, 5.74) is 3.45. The molecule has 1 fully saturated rings. The van der Waals surface area contributed by atoms with Gasteiger partial charge in [0.2, 0.25) is 0 Å². The minimum Gasteiger partial charge on any atom is -0.311 e. The van der Waals surface area contributed by atoms with Crippen LogP contribution in [0.3, 0.4) is 0 Å². The average Bonchev–Trinajstić information content (AvgIpc) is 2.84. The quantitative estimate of drug-likeness (QED) is 0.829. The van der Waals surface area contributed by atoms with Crippen LogP contribution in [-0.4, -0.2) is 40.5 Å². The first-order chi connectivity index (χ1) is 10.3. The van der Waals surface area contributed by atoms with E-state index in [0.717, 1.165) is 24.4 Å². The normalized spacial score (nSPS) is 16.6. The van der Waals surface area contributed by atoms with Crippen molar-refractivity contribution in [2.45, 2.75) is 39.2 Å². The lowest BCUT2D eigenvalue weighted by atomic mass is 10.1. The van der Waals surface area contributed by atoms with Gasteiger partial charge in [0.05, 0.1) is 11.4 Å². The Morgan fingerprint density at radius 3 is 2.90 bits per heavy atom. The summed E-state index contributed by atoms with van der Waals surface area (Å²) in [5, 5.41) is 3.57. The Balaban J connectivity index is 1.45. The molecule has 1 saturated heterocycles. The smallest absolute Gasteiger partial charge is 0.137 e. The minimum atomic E-state index is 0.900. The van der Waals surface area contributed by atoms with Crippen LogP contribution in [0.4, 0.5) is 0 Å². The van der Waals surface area contributed by atoms with E-state index in [9.17, 15) is 0 Å². The van der Waals surface area contributed by atoms with E-state index in [1.54, 1.807) is 0 Å². The molecule has 0 aromatic carbocycles. The topological polar surface area (TPSA) is 32.6 Å². The number of aromatic nitrogens is 2. The number of fused-ring (bicyclic) bond motifs is 1. The molecule has 1 aliphatic rings. The summed E-state index contributed by atoms with van der Waals surface area (Å²) in [6, 6.07) is 6.17. The first kappa shape index (κ1) is 14.5. The molecule has 0 amide bonds. The van der Waals surface area contributed by atoms with Crippen molar-refractivity contribution in [3.8, 4) is 0 Å². The lowest BCUT2D eigenvalue weighted by molar-refractivity contribution is 0.225. The van der Waals surface area contributed by atoms with Crippen molar-refractivity contribution in [3.63, 3.8) is 0 Å². The third-order valence-electron chi connectivity index (χ3n) is 4.40. The molecular weight excluding hydrogens is 260 g/mol. The summed E-state index contributed by atoms with van der Waals surface area (Å²) in [4.78, 5) is 7.20. The maximum absolute atomic E-state index is 4.60. The van der Waals surface area contributed by atoms with E-state index >= 15 is 0 Å². The Bertz CT molecular complexity index is 569. The Morgan fingerprint density at radius 2 is 2.05 bits per heavy atom. The molecule has 4 nitrogen and oxygen atoms in total. The van der Waals surface area contributed by atoms with Crippen LogP contribution in [-0.2, 0) is 6.54 Å². The molecule has 3 rings (SSSR count). The minimum absolute atomic E-state index is 0.900. The molecule has 0 aliphatic carbocycles. The van der Waals surface area contributed by atoms with Gasteiger partial charge < -0.3 is 14.6 Å². The number of aryl methyl sites for hydroxylation is 1. The molecule has 2 aromatic heterocycles. The van der Waals surface area contributed by atoms with Crippen molar-refractivity contribution >= 4 is 5.65 Å². The van der Waals surface area contributed by atoms with Crippen LogP contribution in [0.25, 0.3) is 5.65 Å².